The van der Waals surface area contributed by atoms with Gasteiger partial charge in [0.25, 0.3) is 5.91 Å². The molecule has 0 heterocycles. The molecule has 1 atom stereocenters. The molecule has 0 aliphatic carbocycles. The molecule has 2 rings (SSSR count). The molecule has 0 saturated carbocycles. The van der Waals surface area contributed by atoms with Crippen LogP contribution in [0.4, 0.5) is 4.39 Å². The number of hydrogen-bond donors (Lipinski definition) is 1. The van der Waals surface area contributed by atoms with E-state index >= 15 is 0 Å². The Labute approximate surface area is 183 Å². The molecular formula is C24H31FN2O4. The Hall–Kier alpha value is -3.09. The predicted molar refractivity (Wildman–Crippen MR) is 117 cm³/mol. The minimum absolute atomic E-state index is 0.200. The first-order valence-electron chi connectivity index (χ1n) is 10.4. The number of hydrogen-bond acceptors (Lipinski definition) is 4. The van der Waals surface area contributed by atoms with E-state index in [9.17, 15) is 14.0 Å². The van der Waals surface area contributed by atoms with Gasteiger partial charge in [-0.1, -0.05) is 32.9 Å². The minimum Gasteiger partial charge on any atom is -0.497 e. The quantitative estimate of drug-likeness (QED) is 0.589. The highest BCUT2D eigenvalue weighted by atomic mass is 19.1. The summed E-state index contributed by atoms with van der Waals surface area (Å²) in [6, 6.07) is 12.2. The number of methoxy groups -OCH3 is 1. The number of nitrogens with one attached hydrogen (secondary N) is 1. The largest absolute Gasteiger partial charge is 0.497 e. The van der Waals surface area contributed by atoms with Gasteiger partial charge in [0.1, 0.15) is 23.4 Å². The first-order valence-corrected chi connectivity index (χ1v) is 10.4. The third-order valence-corrected chi connectivity index (χ3v) is 4.73. The molecule has 0 radical (unpaired) electrons. The van der Waals surface area contributed by atoms with E-state index in [2.05, 4.69) is 5.32 Å². The number of halogens is 1. The Kier molecular flexibility index (Phi) is 9.31. The number of amides is 2. The Morgan fingerprint density at radius 2 is 1.81 bits per heavy atom. The van der Waals surface area contributed by atoms with Crippen molar-refractivity contribution in [1.29, 1.82) is 0 Å². The second kappa shape index (κ2) is 11.9. The van der Waals surface area contributed by atoms with Crippen molar-refractivity contribution >= 4 is 11.8 Å². The average Bonchev–Trinajstić information content (AvgIpc) is 2.77. The third kappa shape index (κ3) is 7.59. The van der Waals surface area contributed by atoms with Crippen molar-refractivity contribution in [2.24, 2.45) is 5.92 Å². The van der Waals surface area contributed by atoms with Gasteiger partial charge in [0, 0.05) is 13.1 Å². The summed E-state index contributed by atoms with van der Waals surface area (Å²) in [6.07, 6.45) is 0.455. The molecule has 0 bridgehead atoms. The lowest BCUT2D eigenvalue weighted by Gasteiger charge is -2.31. The van der Waals surface area contributed by atoms with Crippen LogP contribution in [0, 0.1) is 11.7 Å². The smallest absolute Gasteiger partial charge is 0.261 e. The summed E-state index contributed by atoms with van der Waals surface area (Å²) in [5, 5.41) is 2.92. The Bertz CT molecular complexity index is 855. The lowest BCUT2D eigenvalue weighted by atomic mass is 10.1. The van der Waals surface area contributed by atoms with Gasteiger partial charge in [0.2, 0.25) is 5.91 Å². The van der Waals surface area contributed by atoms with Crippen LogP contribution in [0.5, 0.6) is 11.5 Å². The summed E-state index contributed by atoms with van der Waals surface area (Å²) < 4.78 is 23.9. The lowest BCUT2D eigenvalue weighted by molar-refractivity contribution is -0.143. The summed E-state index contributed by atoms with van der Waals surface area (Å²) in [5.74, 6) is 0.433. The number of ether oxygens (including phenoxy) is 2. The highest BCUT2D eigenvalue weighted by Gasteiger charge is 2.29. The first-order chi connectivity index (χ1) is 14.8. The van der Waals surface area contributed by atoms with E-state index in [1.54, 1.807) is 7.11 Å². The molecule has 2 aromatic carbocycles. The zero-order chi connectivity index (χ0) is 22.8. The van der Waals surface area contributed by atoms with Crippen LogP contribution in [0.15, 0.2) is 48.5 Å². The van der Waals surface area contributed by atoms with E-state index in [1.165, 1.54) is 29.2 Å². The van der Waals surface area contributed by atoms with E-state index in [0.717, 1.165) is 5.56 Å². The predicted octanol–water partition coefficient (Wildman–Crippen LogP) is 3.79. The van der Waals surface area contributed by atoms with Crippen molar-refractivity contribution in [2.75, 3.05) is 20.3 Å². The zero-order valence-corrected chi connectivity index (χ0v) is 18.6. The molecule has 0 fully saturated rings. The molecule has 0 aliphatic rings. The molecule has 0 spiro atoms. The molecule has 1 N–H and O–H groups in total. The standard InChI is InChI=1S/C24H31FN2O4/c1-5-22(24(29)26-14-17(2)3)27(15-18-7-6-8-21(13-18)30-4)23(28)16-31-20-11-9-19(25)10-12-20/h6-13,17,22H,5,14-16H2,1-4H3,(H,26,29). The number of carbonyl (C=O) groups excluding carboxylic acids is 2. The van der Waals surface area contributed by atoms with Gasteiger partial charge in [-0.2, -0.15) is 0 Å². The van der Waals surface area contributed by atoms with Crippen LogP contribution in [0.1, 0.15) is 32.8 Å². The van der Waals surface area contributed by atoms with E-state index in [4.69, 9.17) is 9.47 Å². The first kappa shape index (κ1) is 24.2. The monoisotopic (exact) mass is 430 g/mol. The molecule has 0 aliphatic heterocycles. The average molecular weight is 431 g/mol. The van der Waals surface area contributed by atoms with Gasteiger partial charge in [-0.05, 0) is 54.3 Å². The maximum Gasteiger partial charge on any atom is 0.261 e. The summed E-state index contributed by atoms with van der Waals surface area (Å²) in [6.45, 7) is 6.39. The van der Waals surface area contributed by atoms with Crippen LogP contribution in [0.2, 0.25) is 0 Å². The van der Waals surface area contributed by atoms with Crippen molar-refractivity contribution in [3.8, 4) is 11.5 Å². The summed E-state index contributed by atoms with van der Waals surface area (Å²) in [7, 11) is 1.58. The molecule has 6 nitrogen and oxygen atoms in total. The van der Waals surface area contributed by atoms with Crippen LogP contribution in [-0.4, -0.2) is 43.0 Å². The number of rotatable bonds is 11. The van der Waals surface area contributed by atoms with E-state index in [-0.39, 0.29) is 30.8 Å². The van der Waals surface area contributed by atoms with E-state index in [1.807, 2.05) is 45.0 Å². The number of nitrogens with zero attached hydrogens (tertiary/aromatic N) is 1. The van der Waals surface area contributed by atoms with Crippen molar-refractivity contribution < 1.29 is 23.5 Å². The van der Waals surface area contributed by atoms with E-state index < -0.39 is 6.04 Å². The molecule has 2 amide bonds. The number of carbonyl (C=O) groups is 2. The van der Waals surface area contributed by atoms with Crippen molar-refractivity contribution in [1.82, 2.24) is 10.2 Å². The fourth-order valence-electron chi connectivity index (χ4n) is 3.07. The third-order valence-electron chi connectivity index (χ3n) is 4.73. The summed E-state index contributed by atoms with van der Waals surface area (Å²) >= 11 is 0. The van der Waals surface area contributed by atoms with Gasteiger partial charge >= 0.3 is 0 Å². The highest BCUT2D eigenvalue weighted by Crippen LogP contribution is 2.18. The van der Waals surface area contributed by atoms with Gasteiger partial charge in [-0.25, -0.2) is 4.39 Å². The Balaban J connectivity index is 2.20. The number of benzene rings is 2. The minimum atomic E-state index is -0.644. The van der Waals surface area contributed by atoms with Crippen molar-refractivity contribution in [3.63, 3.8) is 0 Å². The van der Waals surface area contributed by atoms with Gasteiger partial charge in [-0.3, -0.25) is 9.59 Å². The normalized spacial score (nSPS) is 11.7. The van der Waals surface area contributed by atoms with Gasteiger partial charge in [0.15, 0.2) is 6.61 Å². The molecular weight excluding hydrogens is 399 g/mol. The SMILES string of the molecule is CCC(C(=O)NCC(C)C)N(Cc1cccc(OC)c1)C(=O)COc1ccc(F)cc1. The fourth-order valence-corrected chi connectivity index (χ4v) is 3.07. The van der Waals surface area contributed by atoms with Crippen LogP contribution < -0.4 is 14.8 Å². The van der Waals surface area contributed by atoms with Crippen molar-refractivity contribution in [2.45, 2.75) is 39.8 Å². The molecule has 1 unspecified atom stereocenters. The maximum atomic E-state index is 13.1. The lowest BCUT2D eigenvalue weighted by Crippen LogP contribution is -2.50. The maximum absolute atomic E-state index is 13.1. The van der Waals surface area contributed by atoms with Crippen LogP contribution in [-0.2, 0) is 16.1 Å². The van der Waals surface area contributed by atoms with Crippen LogP contribution in [0.25, 0.3) is 0 Å². The molecule has 168 valence electrons. The fraction of sp³-hybridized carbons (Fsp3) is 0.417. The summed E-state index contributed by atoms with van der Waals surface area (Å²) in [4.78, 5) is 27.5. The zero-order valence-electron chi connectivity index (χ0n) is 18.6. The Morgan fingerprint density at radius 3 is 2.42 bits per heavy atom. The molecule has 0 saturated heterocycles. The van der Waals surface area contributed by atoms with Gasteiger partial charge < -0.3 is 19.7 Å². The molecule has 7 heteroatoms. The highest BCUT2D eigenvalue weighted by molar-refractivity contribution is 5.88. The van der Waals surface area contributed by atoms with E-state index in [0.29, 0.717) is 30.4 Å². The second-order valence-electron chi connectivity index (χ2n) is 7.68. The Morgan fingerprint density at radius 1 is 1.10 bits per heavy atom. The van der Waals surface area contributed by atoms with Crippen LogP contribution in [0.3, 0.4) is 0 Å². The summed E-state index contributed by atoms with van der Waals surface area (Å²) in [5.41, 5.74) is 0.838. The molecule has 31 heavy (non-hydrogen) atoms. The molecule has 0 aromatic heterocycles. The molecule has 2 aromatic rings. The van der Waals surface area contributed by atoms with Gasteiger partial charge in [-0.15, -0.1) is 0 Å². The van der Waals surface area contributed by atoms with Gasteiger partial charge in [0.05, 0.1) is 7.11 Å². The van der Waals surface area contributed by atoms with Crippen molar-refractivity contribution in [3.05, 3.63) is 59.9 Å². The van der Waals surface area contributed by atoms with Crippen LogP contribution >= 0.6 is 0 Å². The topological polar surface area (TPSA) is 67.9 Å². The second-order valence-corrected chi connectivity index (χ2v) is 7.68.